The van der Waals surface area contributed by atoms with Crippen molar-refractivity contribution in [3.63, 3.8) is 0 Å². The highest BCUT2D eigenvalue weighted by Crippen LogP contribution is 2.32. The molecule has 2 aliphatic heterocycles. The third-order valence-electron chi connectivity index (χ3n) is 4.71. The van der Waals surface area contributed by atoms with Gasteiger partial charge in [-0.2, -0.15) is 0 Å². The smallest absolute Gasteiger partial charge is 0.134 e. The van der Waals surface area contributed by atoms with Gasteiger partial charge in [-0.05, 0) is 39.3 Å². The molecule has 1 N–H and O–H groups in total. The highest BCUT2D eigenvalue weighted by molar-refractivity contribution is 5.48. The summed E-state index contributed by atoms with van der Waals surface area (Å²) in [7, 11) is 2.25. The molecule has 104 valence electrons. The van der Waals surface area contributed by atoms with Gasteiger partial charge in [0.1, 0.15) is 5.82 Å². The van der Waals surface area contributed by atoms with Crippen LogP contribution in [0.2, 0.25) is 0 Å². The Labute approximate surface area is 115 Å². The lowest BCUT2D eigenvalue weighted by molar-refractivity contribution is 0.199. The molecule has 0 aliphatic carbocycles. The minimum absolute atomic E-state index is 0.457. The Kier molecular flexibility index (Phi) is 3.46. The summed E-state index contributed by atoms with van der Waals surface area (Å²) < 4.78 is 0. The average molecular weight is 261 g/mol. The number of pyridine rings is 1. The second kappa shape index (κ2) is 5.10. The molecule has 4 heteroatoms. The van der Waals surface area contributed by atoms with Crippen molar-refractivity contribution in [2.45, 2.75) is 44.4 Å². The largest absolute Gasteiger partial charge is 0.389 e. The molecule has 3 atom stereocenters. The van der Waals surface area contributed by atoms with Crippen molar-refractivity contribution in [1.29, 1.82) is 0 Å². The number of aliphatic hydroxyl groups excluding tert-OH is 1. The summed E-state index contributed by atoms with van der Waals surface area (Å²) in [4.78, 5) is 9.42. The minimum atomic E-state index is -0.457. The van der Waals surface area contributed by atoms with Gasteiger partial charge in [0.05, 0.1) is 6.10 Å². The van der Waals surface area contributed by atoms with Crippen LogP contribution in [0.25, 0.3) is 0 Å². The lowest BCUT2D eigenvalue weighted by Crippen LogP contribution is -2.37. The van der Waals surface area contributed by atoms with E-state index in [-0.39, 0.29) is 0 Å². The third-order valence-corrected chi connectivity index (χ3v) is 4.71. The van der Waals surface area contributed by atoms with Gasteiger partial charge in [0.2, 0.25) is 0 Å². The first-order valence-electron chi connectivity index (χ1n) is 7.26. The van der Waals surface area contributed by atoms with Gasteiger partial charge < -0.3 is 10.0 Å². The van der Waals surface area contributed by atoms with Crippen molar-refractivity contribution in [3.8, 4) is 0 Å². The number of hydrogen-bond donors (Lipinski definition) is 1. The minimum Gasteiger partial charge on any atom is -0.389 e. The number of anilines is 1. The molecule has 0 aromatic carbocycles. The zero-order valence-electron chi connectivity index (χ0n) is 11.8. The van der Waals surface area contributed by atoms with Gasteiger partial charge in [0.25, 0.3) is 0 Å². The molecule has 0 saturated carbocycles. The fraction of sp³-hybridized carbons (Fsp3) is 0.667. The molecule has 19 heavy (non-hydrogen) atoms. The van der Waals surface area contributed by atoms with Crippen molar-refractivity contribution in [3.05, 3.63) is 23.9 Å². The summed E-state index contributed by atoms with van der Waals surface area (Å²) in [5.41, 5.74) is 0.947. The van der Waals surface area contributed by atoms with E-state index in [0.717, 1.165) is 30.5 Å². The summed E-state index contributed by atoms with van der Waals surface area (Å²) in [5, 5.41) is 9.91. The number of hydrogen-bond acceptors (Lipinski definition) is 4. The van der Waals surface area contributed by atoms with E-state index in [0.29, 0.717) is 6.04 Å². The van der Waals surface area contributed by atoms with E-state index in [1.165, 1.54) is 19.3 Å². The molecule has 4 nitrogen and oxygen atoms in total. The zero-order valence-corrected chi connectivity index (χ0v) is 11.8. The highest BCUT2D eigenvalue weighted by atomic mass is 16.3. The van der Waals surface area contributed by atoms with Crippen LogP contribution in [0.1, 0.15) is 37.9 Å². The third kappa shape index (κ3) is 2.35. The van der Waals surface area contributed by atoms with Crippen LogP contribution >= 0.6 is 0 Å². The Bertz CT molecular complexity index is 449. The number of fused-ring (bicyclic) bond motifs is 2. The van der Waals surface area contributed by atoms with Gasteiger partial charge in [-0.15, -0.1) is 0 Å². The van der Waals surface area contributed by atoms with Gasteiger partial charge in [-0.25, -0.2) is 4.98 Å². The maximum atomic E-state index is 9.91. The first-order valence-corrected chi connectivity index (χ1v) is 7.26. The summed E-state index contributed by atoms with van der Waals surface area (Å²) in [6.07, 6.45) is 5.19. The average Bonchev–Trinajstić information content (AvgIpc) is 2.63. The Hall–Kier alpha value is -1.13. The van der Waals surface area contributed by atoms with Crippen LogP contribution < -0.4 is 4.90 Å². The monoisotopic (exact) mass is 261 g/mol. The van der Waals surface area contributed by atoms with Gasteiger partial charge in [-0.3, -0.25) is 4.90 Å². The summed E-state index contributed by atoms with van der Waals surface area (Å²) in [5.74, 6) is 0.971. The van der Waals surface area contributed by atoms with E-state index in [1.807, 2.05) is 25.3 Å². The second-order valence-corrected chi connectivity index (χ2v) is 5.88. The molecule has 0 spiro atoms. The van der Waals surface area contributed by atoms with Crippen LogP contribution in [-0.4, -0.2) is 47.2 Å². The lowest BCUT2D eigenvalue weighted by atomic mass is 10.1. The number of aliphatic hydroxyl groups is 1. The lowest BCUT2D eigenvalue weighted by Gasteiger charge is -2.28. The fourth-order valence-corrected chi connectivity index (χ4v) is 3.50. The van der Waals surface area contributed by atoms with E-state index in [2.05, 4.69) is 21.8 Å². The molecule has 2 unspecified atom stereocenters. The van der Waals surface area contributed by atoms with Crippen LogP contribution in [0.15, 0.2) is 18.3 Å². The molecule has 2 fully saturated rings. The molecular weight excluding hydrogens is 238 g/mol. The molecule has 1 aromatic rings. The molecule has 2 aliphatic rings. The van der Waals surface area contributed by atoms with Crippen molar-refractivity contribution in [2.75, 3.05) is 25.0 Å². The van der Waals surface area contributed by atoms with E-state index < -0.39 is 6.10 Å². The molecule has 1 aromatic heterocycles. The van der Waals surface area contributed by atoms with Crippen LogP contribution in [0, 0.1) is 0 Å². The molecule has 0 amide bonds. The number of aromatic nitrogens is 1. The molecule has 2 saturated heterocycles. The van der Waals surface area contributed by atoms with Crippen molar-refractivity contribution < 1.29 is 5.11 Å². The number of rotatable bonds is 2. The Balaban J connectivity index is 1.87. The topological polar surface area (TPSA) is 39.6 Å². The van der Waals surface area contributed by atoms with Crippen LogP contribution in [0.4, 0.5) is 5.82 Å². The first-order chi connectivity index (χ1) is 9.16. The fourth-order valence-electron chi connectivity index (χ4n) is 3.50. The van der Waals surface area contributed by atoms with Crippen LogP contribution in [0.5, 0.6) is 0 Å². The molecule has 2 bridgehead atoms. The van der Waals surface area contributed by atoms with Gasteiger partial charge >= 0.3 is 0 Å². The van der Waals surface area contributed by atoms with E-state index in [9.17, 15) is 5.11 Å². The Morgan fingerprint density at radius 3 is 2.89 bits per heavy atom. The molecular formula is C15H23N3O. The summed E-state index contributed by atoms with van der Waals surface area (Å²) >= 11 is 0. The summed E-state index contributed by atoms with van der Waals surface area (Å²) in [6.45, 7) is 3.89. The predicted octanol–water partition coefficient (Wildman–Crippen LogP) is 1.81. The van der Waals surface area contributed by atoms with Crippen LogP contribution in [0.3, 0.4) is 0 Å². The maximum Gasteiger partial charge on any atom is 0.134 e. The normalized spacial score (nSPS) is 29.3. The first kappa shape index (κ1) is 12.9. The van der Waals surface area contributed by atoms with E-state index in [1.54, 1.807) is 0 Å². The number of nitrogens with zero attached hydrogens (tertiary/aromatic N) is 3. The quantitative estimate of drug-likeness (QED) is 0.881. The standard InChI is InChI=1S/C15H23N3O/c1-11(19)14-4-3-8-16-15(14)18-9-7-12-5-6-13(10-18)17(12)2/h3-4,8,11-13,19H,5-7,9-10H2,1-2H3/t11-,12?,13?/m0/s1. The zero-order chi connectivity index (χ0) is 13.4. The maximum absolute atomic E-state index is 9.91. The molecule has 3 rings (SSSR count). The molecule has 3 heterocycles. The van der Waals surface area contributed by atoms with E-state index in [4.69, 9.17) is 0 Å². The predicted molar refractivity (Wildman–Crippen MR) is 76.3 cm³/mol. The van der Waals surface area contributed by atoms with Crippen LogP contribution in [-0.2, 0) is 0 Å². The van der Waals surface area contributed by atoms with Gasteiger partial charge in [-0.1, -0.05) is 6.07 Å². The second-order valence-electron chi connectivity index (χ2n) is 5.88. The Morgan fingerprint density at radius 1 is 1.32 bits per heavy atom. The molecule has 0 radical (unpaired) electrons. The Morgan fingerprint density at radius 2 is 2.11 bits per heavy atom. The summed E-state index contributed by atoms with van der Waals surface area (Å²) in [6, 6.07) is 5.26. The van der Waals surface area contributed by atoms with Crippen molar-refractivity contribution in [1.82, 2.24) is 9.88 Å². The SMILES string of the molecule is C[C@H](O)c1cccnc1N1CCC2CCC(C1)N2C. The van der Waals surface area contributed by atoms with Gasteiger partial charge in [0, 0.05) is 36.9 Å². The van der Waals surface area contributed by atoms with Crippen molar-refractivity contribution in [2.24, 2.45) is 0 Å². The highest BCUT2D eigenvalue weighted by Gasteiger charge is 2.35. The number of likely N-dealkylation sites (N-methyl/N-ethyl adjacent to an activating group) is 1. The van der Waals surface area contributed by atoms with E-state index >= 15 is 0 Å². The van der Waals surface area contributed by atoms with Crippen molar-refractivity contribution >= 4 is 5.82 Å². The van der Waals surface area contributed by atoms with Gasteiger partial charge in [0.15, 0.2) is 0 Å².